The Balaban J connectivity index is 1.87. The highest BCUT2D eigenvalue weighted by Crippen LogP contribution is 2.31. The number of benzene rings is 2. The minimum Gasteiger partial charge on any atom is -0.488 e. The molecule has 0 unspecified atom stereocenters. The van der Waals surface area contributed by atoms with Crippen LogP contribution in [0.4, 0.5) is 8.78 Å². The minimum atomic E-state index is -0.518. The lowest BCUT2D eigenvalue weighted by Crippen LogP contribution is -2.07. The molecule has 25 heavy (non-hydrogen) atoms. The smallest absolute Gasteiger partial charge is 0.310 e. The number of esters is 1. The van der Waals surface area contributed by atoms with Crippen molar-refractivity contribution in [1.29, 1.82) is 0 Å². The van der Waals surface area contributed by atoms with Gasteiger partial charge in [-0.15, -0.1) is 0 Å². The Morgan fingerprint density at radius 1 is 1.20 bits per heavy atom. The van der Waals surface area contributed by atoms with Crippen LogP contribution in [0.25, 0.3) is 11.0 Å². The van der Waals surface area contributed by atoms with Crippen molar-refractivity contribution < 1.29 is 27.5 Å². The van der Waals surface area contributed by atoms with Crippen LogP contribution in [-0.2, 0) is 22.6 Å². The van der Waals surface area contributed by atoms with Crippen LogP contribution in [0.5, 0.6) is 5.75 Å². The fourth-order valence-corrected chi connectivity index (χ4v) is 3.00. The third kappa shape index (κ3) is 3.66. The third-order valence-corrected chi connectivity index (χ3v) is 4.27. The summed E-state index contributed by atoms with van der Waals surface area (Å²) in [6.07, 6.45) is 1.32. The van der Waals surface area contributed by atoms with Gasteiger partial charge in [-0.2, -0.15) is 0 Å². The predicted molar refractivity (Wildman–Crippen MR) is 90.3 cm³/mol. The Morgan fingerprint density at radius 2 is 2.00 bits per heavy atom. The van der Waals surface area contributed by atoms with Crippen molar-refractivity contribution in [1.82, 2.24) is 0 Å². The van der Waals surface area contributed by atoms with E-state index in [9.17, 15) is 13.6 Å². The largest absolute Gasteiger partial charge is 0.488 e. The van der Waals surface area contributed by atoms with Crippen LogP contribution >= 0.6 is 15.9 Å². The summed E-state index contributed by atoms with van der Waals surface area (Å²) in [6, 6.07) is 6.87. The number of methoxy groups -OCH3 is 1. The van der Waals surface area contributed by atoms with Gasteiger partial charge in [0.25, 0.3) is 0 Å². The molecule has 0 aliphatic carbocycles. The maximum Gasteiger partial charge on any atom is 0.310 e. The molecule has 0 atom stereocenters. The number of carbonyl (C=O) groups excluding carboxylic acids is 1. The van der Waals surface area contributed by atoms with E-state index in [1.807, 2.05) is 0 Å². The van der Waals surface area contributed by atoms with Crippen molar-refractivity contribution in [3.05, 3.63) is 63.8 Å². The van der Waals surface area contributed by atoms with Gasteiger partial charge in [0.2, 0.25) is 0 Å². The molecule has 3 aromatic rings. The van der Waals surface area contributed by atoms with Crippen LogP contribution in [0.3, 0.4) is 0 Å². The van der Waals surface area contributed by atoms with Crippen LogP contribution in [0.1, 0.15) is 11.1 Å². The molecule has 0 saturated carbocycles. The SMILES string of the molecule is COC(=O)Cc1ccc(F)cc1OCc1cc(Br)c2occc2c1F. The van der Waals surface area contributed by atoms with E-state index in [0.717, 1.165) is 6.07 Å². The van der Waals surface area contributed by atoms with Crippen molar-refractivity contribution in [2.45, 2.75) is 13.0 Å². The highest BCUT2D eigenvalue weighted by molar-refractivity contribution is 9.10. The van der Waals surface area contributed by atoms with Crippen molar-refractivity contribution in [2.24, 2.45) is 0 Å². The molecule has 2 aromatic carbocycles. The molecule has 0 bridgehead atoms. The highest BCUT2D eigenvalue weighted by atomic mass is 79.9. The van der Waals surface area contributed by atoms with E-state index < -0.39 is 17.6 Å². The number of furan rings is 1. The molecule has 0 fully saturated rings. The number of carbonyl (C=O) groups is 1. The second-order valence-electron chi connectivity index (χ2n) is 5.29. The molecule has 0 aliphatic rings. The molecule has 0 aliphatic heterocycles. The zero-order valence-electron chi connectivity index (χ0n) is 13.1. The predicted octanol–water partition coefficient (Wildman–Crippen LogP) is 4.77. The lowest BCUT2D eigenvalue weighted by atomic mass is 10.1. The van der Waals surface area contributed by atoms with Gasteiger partial charge in [0.1, 0.15) is 24.0 Å². The van der Waals surface area contributed by atoms with Gasteiger partial charge in [-0.3, -0.25) is 4.79 Å². The van der Waals surface area contributed by atoms with E-state index in [0.29, 0.717) is 21.0 Å². The maximum atomic E-state index is 14.5. The Bertz CT molecular complexity index is 936. The Labute approximate surface area is 150 Å². The molecular formula is C18H13BrF2O4. The molecule has 0 saturated heterocycles. The highest BCUT2D eigenvalue weighted by Gasteiger charge is 2.16. The van der Waals surface area contributed by atoms with Crippen molar-refractivity contribution >= 4 is 32.9 Å². The van der Waals surface area contributed by atoms with Crippen molar-refractivity contribution in [3.63, 3.8) is 0 Å². The van der Waals surface area contributed by atoms with Gasteiger partial charge in [0.05, 0.1) is 29.7 Å². The summed E-state index contributed by atoms with van der Waals surface area (Å²) >= 11 is 3.32. The molecule has 0 spiro atoms. The van der Waals surface area contributed by atoms with Gasteiger partial charge < -0.3 is 13.9 Å². The third-order valence-electron chi connectivity index (χ3n) is 3.68. The molecule has 130 valence electrons. The number of hydrogen-bond donors (Lipinski definition) is 0. The molecule has 3 rings (SSSR count). The summed E-state index contributed by atoms with van der Waals surface area (Å²) in [4.78, 5) is 11.5. The fourth-order valence-electron chi connectivity index (χ4n) is 2.42. The van der Waals surface area contributed by atoms with Crippen LogP contribution in [0, 0.1) is 11.6 Å². The molecule has 4 nitrogen and oxygen atoms in total. The Morgan fingerprint density at radius 3 is 2.76 bits per heavy atom. The average Bonchev–Trinajstić information content (AvgIpc) is 3.09. The first-order chi connectivity index (χ1) is 12.0. The summed E-state index contributed by atoms with van der Waals surface area (Å²) in [5, 5.41) is 0.321. The number of rotatable bonds is 5. The van der Waals surface area contributed by atoms with E-state index >= 15 is 0 Å². The molecule has 1 heterocycles. The van der Waals surface area contributed by atoms with E-state index in [1.165, 1.54) is 31.6 Å². The van der Waals surface area contributed by atoms with Gasteiger partial charge in [-0.25, -0.2) is 8.78 Å². The summed E-state index contributed by atoms with van der Waals surface area (Å²) in [6.45, 7) is -0.136. The number of ether oxygens (including phenoxy) is 2. The Kier molecular flexibility index (Phi) is 5.03. The lowest BCUT2D eigenvalue weighted by molar-refractivity contribution is -0.139. The maximum absolute atomic E-state index is 14.5. The average molecular weight is 411 g/mol. The first-order valence-electron chi connectivity index (χ1n) is 7.31. The first-order valence-corrected chi connectivity index (χ1v) is 8.11. The van der Waals surface area contributed by atoms with E-state index in [-0.39, 0.29) is 24.3 Å². The summed E-state index contributed by atoms with van der Waals surface area (Å²) in [7, 11) is 1.26. The first kappa shape index (κ1) is 17.4. The van der Waals surface area contributed by atoms with Crippen molar-refractivity contribution in [3.8, 4) is 5.75 Å². The van der Waals surface area contributed by atoms with E-state index in [1.54, 1.807) is 6.07 Å². The number of halogens is 3. The quantitative estimate of drug-likeness (QED) is 0.568. The molecule has 7 heteroatoms. The standard InChI is InChI=1S/C18H13BrF2O4/c1-23-16(22)7-10-2-3-12(20)8-15(10)25-9-11-6-14(19)18-13(17(11)21)4-5-24-18/h2-6,8H,7,9H2,1H3. The van der Waals surface area contributed by atoms with Crippen LogP contribution in [0.15, 0.2) is 45.5 Å². The number of hydrogen-bond acceptors (Lipinski definition) is 4. The van der Waals surface area contributed by atoms with Gasteiger partial charge in [-0.05, 0) is 34.1 Å². The minimum absolute atomic E-state index is 0.0704. The molecular weight excluding hydrogens is 398 g/mol. The molecule has 0 amide bonds. The summed E-state index contributed by atoms with van der Waals surface area (Å²) in [5.41, 5.74) is 1.13. The van der Waals surface area contributed by atoms with E-state index in [4.69, 9.17) is 9.15 Å². The van der Waals surface area contributed by atoms with Gasteiger partial charge in [0, 0.05) is 17.2 Å². The van der Waals surface area contributed by atoms with Gasteiger partial charge >= 0.3 is 5.97 Å². The summed E-state index contributed by atoms with van der Waals surface area (Å²) in [5.74, 6) is -1.31. The van der Waals surface area contributed by atoms with E-state index in [2.05, 4.69) is 20.7 Å². The zero-order valence-corrected chi connectivity index (χ0v) is 14.7. The monoisotopic (exact) mass is 410 g/mol. The summed E-state index contributed by atoms with van der Waals surface area (Å²) < 4.78 is 44.0. The molecule has 0 N–H and O–H groups in total. The second kappa shape index (κ2) is 7.23. The zero-order chi connectivity index (χ0) is 18.0. The number of fused-ring (bicyclic) bond motifs is 1. The van der Waals surface area contributed by atoms with Gasteiger partial charge in [0.15, 0.2) is 5.58 Å². The molecule has 0 radical (unpaired) electrons. The second-order valence-corrected chi connectivity index (χ2v) is 6.14. The fraction of sp³-hybridized carbons (Fsp3) is 0.167. The Hall–Kier alpha value is -2.41. The van der Waals surface area contributed by atoms with Crippen LogP contribution in [-0.4, -0.2) is 13.1 Å². The lowest BCUT2D eigenvalue weighted by Gasteiger charge is -2.12. The topological polar surface area (TPSA) is 48.7 Å². The van der Waals surface area contributed by atoms with Crippen molar-refractivity contribution in [2.75, 3.05) is 7.11 Å². The van der Waals surface area contributed by atoms with Crippen LogP contribution in [0.2, 0.25) is 0 Å². The molecule has 1 aromatic heterocycles. The van der Waals surface area contributed by atoms with Gasteiger partial charge in [-0.1, -0.05) is 6.07 Å². The van der Waals surface area contributed by atoms with Crippen LogP contribution < -0.4 is 4.74 Å². The normalized spacial score (nSPS) is 10.9.